The van der Waals surface area contributed by atoms with E-state index in [1.165, 1.54) is 19.3 Å². The molecular weight excluding hydrogens is 379 g/mol. The van der Waals surface area contributed by atoms with Crippen LogP contribution >= 0.6 is 11.6 Å². The van der Waals surface area contributed by atoms with Crippen LogP contribution in [-0.2, 0) is 7.05 Å². The molecule has 0 aliphatic rings. The fraction of sp³-hybridized carbons (Fsp3) is 0.158. The molecule has 0 aliphatic heterocycles. The van der Waals surface area contributed by atoms with E-state index >= 15 is 0 Å². The maximum atomic E-state index is 14.4. The Bertz CT molecular complexity index is 1020. The van der Waals surface area contributed by atoms with Crippen LogP contribution in [0.5, 0.6) is 0 Å². The molecule has 1 N–H and O–H groups in total. The minimum absolute atomic E-state index is 0.241. The Morgan fingerprint density at radius 1 is 1.22 bits per heavy atom. The summed E-state index contributed by atoms with van der Waals surface area (Å²) in [7, 11) is 1.45. The number of carbonyl (C=O) groups is 1. The van der Waals surface area contributed by atoms with E-state index in [0.29, 0.717) is 11.1 Å². The van der Waals surface area contributed by atoms with Crippen molar-refractivity contribution in [2.45, 2.75) is 13.3 Å². The summed E-state index contributed by atoms with van der Waals surface area (Å²) < 4.78 is 41.8. The highest BCUT2D eigenvalue weighted by Gasteiger charge is 2.23. The van der Waals surface area contributed by atoms with E-state index in [1.807, 2.05) is 0 Å². The summed E-state index contributed by atoms with van der Waals surface area (Å²) in [4.78, 5) is 12.5. The quantitative estimate of drug-likeness (QED) is 0.647. The summed E-state index contributed by atoms with van der Waals surface area (Å²) >= 11 is 5.94. The molecular formula is C19H15ClF3N3O. The number of carbonyl (C=O) groups excluding carboxylic acids is 1. The van der Waals surface area contributed by atoms with Crippen LogP contribution in [0.25, 0.3) is 11.1 Å². The number of anilines is 1. The molecule has 3 rings (SSSR count). The van der Waals surface area contributed by atoms with Crippen molar-refractivity contribution in [2.75, 3.05) is 5.32 Å². The van der Waals surface area contributed by atoms with Gasteiger partial charge in [-0.3, -0.25) is 9.48 Å². The molecule has 0 atom stereocenters. The lowest BCUT2D eigenvalue weighted by atomic mass is 10.0. The first-order valence-electron chi connectivity index (χ1n) is 7.96. The Hall–Kier alpha value is -2.80. The Morgan fingerprint density at radius 3 is 2.63 bits per heavy atom. The number of nitrogens with one attached hydrogen (secondary N) is 1. The average molecular weight is 394 g/mol. The predicted molar refractivity (Wildman–Crippen MR) is 97.7 cm³/mol. The van der Waals surface area contributed by atoms with E-state index in [2.05, 4.69) is 10.4 Å². The molecule has 2 aromatic carbocycles. The van der Waals surface area contributed by atoms with Crippen molar-refractivity contribution in [1.29, 1.82) is 0 Å². The maximum absolute atomic E-state index is 14.4. The van der Waals surface area contributed by atoms with Gasteiger partial charge >= 0.3 is 0 Å². The van der Waals surface area contributed by atoms with E-state index in [9.17, 15) is 18.0 Å². The summed E-state index contributed by atoms with van der Waals surface area (Å²) in [5.74, 6) is -1.31. The molecule has 0 bridgehead atoms. The zero-order chi connectivity index (χ0) is 19.7. The number of benzene rings is 2. The molecule has 0 saturated heterocycles. The minimum Gasteiger partial charge on any atom is -0.321 e. The second-order valence-corrected chi connectivity index (χ2v) is 6.39. The van der Waals surface area contributed by atoms with E-state index in [1.54, 1.807) is 37.3 Å². The largest absolute Gasteiger partial charge is 0.321 e. The molecule has 4 nitrogen and oxygen atoms in total. The maximum Gasteiger partial charge on any atom is 0.282 e. The molecule has 1 amide bonds. The van der Waals surface area contributed by atoms with Gasteiger partial charge in [0.25, 0.3) is 12.3 Å². The molecule has 0 aliphatic carbocycles. The molecule has 1 aromatic heterocycles. The first kappa shape index (κ1) is 19.0. The van der Waals surface area contributed by atoms with Gasteiger partial charge in [-0.25, -0.2) is 13.2 Å². The summed E-state index contributed by atoms with van der Waals surface area (Å²) in [5.41, 5.74) is 0.753. The van der Waals surface area contributed by atoms with E-state index < -0.39 is 23.8 Å². The summed E-state index contributed by atoms with van der Waals surface area (Å²) in [6, 6.07) is 9.28. The van der Waals surface area contributed by atoms with Crippen LogP contribution in [0.15, 0.2) is 42.6 Å². The van der Waals surface area contributed by atoms with Crippen molar-refractivity contribution < 1.29 is 18.0 Å². The van der Waals surface area contributed by atoms with Gasteiger partial charge in [-0.2, -0.15) is 5.10 Å². The second-order valence-electron chi connectivity index (χ2n) is 5.98. The van der Waals surface area contributed by atoms with Gasteiger partial charge in [0.05, 0.1) is 5.56 Å². The van der Waals surface area contributed by atoms with Crippen molar-refractivity contribution >= 4 is 23.2 Å². The average Bonchev–Trinajstić information content (AvgIpc) is 3.01. The fourth-order valence-electron chi connectivity index (χ4n) is 2.72. The smallest absolute Gasteiger partial charge is 0.282 e. The summed E-state index contributed by atoms with van der Waals surface area (Å²) in [6.07, 6.45) is -1.68. The molecule has 1 heterocycles. The van der Waals surface area contributed by atoms with E-state index in [4.69, 9.17) is 11.6 Å². The van der Waals surface area contributed by atoms with Gasteiger partial charge in [-0.1, -0.05) is 29.8 Å². The molecule has 0 radical (unpaired) electrons. The number of halogens is 4. The topological polar surface area (TPSA) is 46.9 Å². The van der Waals surface area contributed by atoms with Gasteiger partial charge in [-0.05, 0) is 30.7 Å². The third kappa shape index (κ3) is 3.83. The minimum atomic E-state index is -2.89. The van der Waals surface area contributed by atoms with Crippen molar-refractivity contribution in [2.24, 2.45) is 7.05 Å². The monoisotopic (exact) mass is 393 g/mol. The fourth-order valence-corrected chi connectivity index (χ4v) is 2.87. The number of hydrogen-bond acceptors (Lipinski definition) is 2. The zero-order valence-electron chi connectivity index (χ0n) is 14.4. The van der Waals surface area contributed by atoms with Crippen molar-refractivity contribution in [3.05, 3.63) is 70.3 Å². The van der Waals surface area contributed by atoms with Crippen LogP contribution in [-0.4, -0.2) is 15.7 Å². The number of aromatic nitrogens is 2. The third-order valence-corrected chi connectivity index (χ3v) is 4.43. The summed E-state index contributed by atoms with van der Waals surface area (Å²) in [6.45, 7) is 1.73. The number of alkyl halides is 2. The Balaban J connectivity index is 2.01. The van der Waals surface area contributed by atoms with Crippen molar-refractivity contribution in [3.63, 3.8) is 0 Å². The van der Waals surface area contributed by atoms with Crippen LogP contribution in [0.3, 0.4) is 0 Å². The first-order chi connectivity index (χ1) is 12.8. The highest BCUT2D eigenvalue weighted by Crippen LogP contribution is 2.33. The SMILES string of the molecule is Cc1cc(-c2ccccc2NC(=O)c2cn(C)nc2C(F)F)c(F)cc1Cl. The Labute approximate surface area is 158 Å². The van der Waals surface area contributed by atoms with Crippen LogP contribution in [0.1, 0.15) is 28.0 Å². The van der Waals surface area contributed by atoms with Crippen LogP contribution < -0.4 is 5.32 Å². The van der Waals surface area contributed by atoms with Gasteiger partial charge in [-0.15, -0.1) is 0 Å². The molecule has 0 unspecified atom stereocenters. The lowest BCUT2D eigenvalue weighted by Gasteiger charge is -2.13. The first-order valence-corrected chi connectivity index (χ1v) is 8.33. The number of aryl methyl sites for hydroxylation is 2. The number of hydrogen-bond donors (Lipinski definition) is 1. The lowest BCUT2D eigenvalue weighted by Crippen LogP contribution is -2.14. The molecule has 140 valence electrons. The molecule has 0 fully saturated rings. The zero-order valence-corrected chi connectivity index (χ0v) is 15.2. The highest BCUT2D eigenvalue weighted by atomic mass is 35.5. The number of nitrogens with zero attached hydrogens (tertiary/aromatic N) is 2. The van der Waals surface area contributed by atoms with Gasteiger partial charge < -0.3 is 5.32 Å². The number of para-hydroxylation sites is 1. The van der Waals surface area contributed by atoms with Crippen molar-refractivity contribution in [3.8, 4) is 11.1 Å². The van der Waals surface area contributed by atoms with Gasteiger partial charge in [0.15, 0.2) is 0 Å². The third-order valence-electron chi connectivity index (χ3n) is 4.02. The van der Waals surface area contributed by atoms with E-state index in [0.717, 1.165) is 4.68 Å². The second kappa shape index (κ2) is 7.44. The molecule has 27 heavy (non-hydrogen) atoms. The van der Waals surface area contributed by atoms with Crippen LogP contribution in [0.2, 0.25) is 5.02 Å². The molecule has 3 aromatic rings. The standard InChI is InChI=1S/C19H15ClF3N3O/c1-10-7-12(15(21)8-14(10)20)11-5-3-4-6-16(11)24-19(27)13-9-26(2)25-17(13)18(22)23/h3-9,18H,1-2H3,(H,24,27). The molecule has 8 heteroatoms. The highest BCUT2D eigenvalue weighted by molar-refractivity contribution is 6.31. The molecule has 0 saturated carbocycles. The van der Waals surface area contributed by atoms with Gasteiger partial charge in [0.1, 0.15) is 11.5 Å². The molecule has 0 spiro atoms. The summed E-state index contributed by atoms with van der Waals surface area (Å²) in [5, 5.41) is 6.48. The van der Waals surface area contributed by atoms with Crippen molar-refractivity contribution in [1.82, 2.24) is 9.78 Å². The predicted octanol–water partition coefficient (Wildman–Crippen LogP) is 5.38. The van der Waals surface area contributed by atoms with Gasteiger partial charge in [0, 0.05) is 35.1 Å². The van der Waals surface area contributed by atoms with Crippen LogP contribution in [0.4, 0.5) is 18.9 Å². The lowest BCUT2D eigenvalue weighted by molar-refractivity contribution is 0.101. The number of rotatable bonds is 4. The van der Waals surface area contributed by atoms with E-state index in [-0.39, 0.29) is 21.8 Å². The Kier molecular flexibility index (Phi) is 5.23. The normalized spacial score (nSPS) is 11.1. The Morgan fingerprint density at radius 2 is 1.93 bits per heavy atom. The van der Waals surface area contributed by atoms with Crippen LogP contribution in [0, 0.1) is 12.7 Å². The van der Waals surface area contributed by atoms with Gasteiger partial charge in [0.2, 0.25) is 0 Å². The number of amides is 1.